The predicted octanol–water partition coefficient (Wildman–Crippen LogP) is 0.236. The number of nitrogens with one attached hydrogen (secondary N) is 2. The topological polar surface area (TPSA) is 94.7 Å². The number of hydrogen-bond acceptors (Lipinski definition) is 5. The number of aliphatic hydroxyl groups excluding tert-OH is 1. The van der Waals surface area contributed by atoms with Crippen LogP contribution in [0.1, 0.15) is 23.6 Å². The number of Topliss-reactive ketones (excluding diaryl/α,β-unsaturated/α-hetero) is 1. The van der Waals surface area contributed by atoms with E-state index >= 15 is 0 Å². The second kappa shape index (κ2) is 9.93. The fourth-order valence-electron chi connectivity index (χ4n) is 4.37. The highest BCUT2D eigenvalue weighted by Crippen LogP contribution is 2.39. The molecule has 1 aromatic heterocycles. The first-order valence-electron chi connectivity index (χ1n) is 10.9. The van der Waals surface area contributed by atoms with E-state index in [1.165, 1.54) is 12.0 Å². The van der Waals surface area contributed by atoms with Crippen LogP contribution in [-0.2, 0) is 14.3 Å². The molecular formula is C24H29N3O5+2. The van der Waals surface area contributed by atoms with Gasteiger partial charge in [0, 0.05) is 30.2 Å². The van der Waals surface area contributed by atoms with E-state index in [0.29, 0.717) is 17.9 Å². The van der Waals surface area contributed by atoms with Crippen molar-refractivity contribution >= 4 is 17.4 Å². The Morgan fingerprint density at radius 2 is 2.06 bits per heavy atom. The molecule has 3 heterocycles. The quantitative estimate of drug-likeness (QED) is 0.366. The molecule has 8 nitrogen and oxygen atoms in total. The summed E-state index contributed by atoms with van der Waals surface area (Å²) < 4.78 is 10.7. The summed E-state index contributed by atoms with van der Waals surface area (Å²) in [7, 11) is 1.54. The maximum atomic E-state index is 13.1. The lowest BCUT2D eigenvalue weighted by Gasteiger charge is -2.27. The van der Waals surface area contributed by atoms with Gasteiger partial charge in [0.05, 0.1) is 38.5 Å². The monoisotopic (exact) mass is 439 g/mol. The number of benzene rings is 1. The number of aliphatic hydroxyl groups is 1. The number of aromatic nitrogens is 1. The molecule has 1 aromatic carbocycles. The van der Waals surface area contributed by atoms with Crippen molar-refractivity contribution in [2.75, 3.05) is 46.5 Å². The Morgan fingerprint density at radius 1 is 1.25 bits per heavy atom. The summed E-state index contributed by atoms with van der Waals surface area (Å²) >= 11 is 0. The Labute approximate surface area is 187 Å². The Hall–Kier alpha value is -3.23. The molecule has 0 bridgehead atoms. The zero-order chi connectivity index (χ0) is 22.5. The third-order valence-corrected chi connectivity index (χ3v) is 6.06. The highest BCUT2D eigenvalue weighted by atomic mass is 16.5. The van der Waals surface area contributed by atoms with E-state index in [-0.39, 0.29) is 11.3 Å². The van der Waals surface area contributed by atoms with Gasteiger partial charge in [-0.25, -0.2) is 4.98 Å². The van der Waals surface area contributed by atoms with Gasteiger partial charge >= 0.3 is 0 Å². The number of quaternary nitrogens is 1. The minimum absolute atomic E-state index is 0.0987. The largest absolute Gasteiger partial charge is 0.507 e. The molecule has 32 heavy (non-hydrogen) atoms. The van der Waals surface area contributed by atoms with Gasteiger partial charge in [0.1, 0.15) is 24.6 Å². The van der Waals surface area contributed by atoms with Crippen LogP contribution in [-0.4, -0.2) is 68.2 Å². The molecule has 4 rings (SSSR count). The van der Waals surface area contributed by atoms with E-state index in [1.807, 2.05) is 12.1 Å². The Kier molecular flexibility index (Phi) is 6.82. The first kappa shape index (κ1) is 22.0. The molecular weight excluding hydrogens is 410 g/mol. The second-order valence-corrected chi connectivity index (χ2v) is 8.03. The lowest BCUT2D eigenvalue weighted by Crippen LogP contribution is -3.14. The number of rotatable bonds is 7. The average Bonchev–Trinajstić information content (AvgIpc) is 3.10. The van der Waals surface area contributed by atoms with Crippen LogP contribution in [0.4, 0.5) is 0 Å². The van der Waals surface area contributed by atoms with E-state index in [0.717, 1.165) is 44.8 Å². The van der Waals surface area contributed by atoms with E-state index in [2.05, 4.69) is 4.98 Å². The van der Waals surface area contributed by atoms with Gasteiger partial charge in [0.25, 0.3) is 11.7 Å². The van der Waals surface area contributed by atoms with Crippen LogP contribution in [0.15, 0.2) is 54.4 Å². The molecule has 2 aliphatic rings. The number of nitrogens with zero attached hydrogens (tertiary/aromatic N) is 1. The van der Waals surface area contributed by atoms with Gasteiger partial charge in [0.15, 0.2) is 12.4 Å². The van der Waals surface area contributed by atoms with Crippen molar-refractivity contribution in [1.29, 1.82) is 0 Å². The fraction of sp³-hybridized carbons (Fsp3) is 0.375. The molecule has 2 aromatic rings. The number of carbonyl (C=O) groups excluding carboxylic acids is 2. The van der Waals surface area contributed by atoms with Crippen LogP contribution < -0.4 is 14.6 Å². The highest BCUT2D eigenvalue weighted by molar-refractivity contribution is 6.46. The number of ketones is 1. The minimum atomic E-state index is -0.669. The number of carbonyl (C=O) groups is 2. The van der Waals surface area contributed by atoms with Crippen molar-refractivity contribution in [2.24, 2.45) is 0 Å². The number of pyridine rings is 1. The van der Waals surface area contributed by atoms with Crippen LogP contribution in [0.5, 0.6) is 5.75 Å². The van der Waals surface area contributed by atoms with Gasteiger partial charge in [-0.2, -0.15) is 0 Å². The minimum Gasteiger partial charge on any atom is -0.507 e. The lowest BCUT2D eigenvalue weighted by atomic mass is 9.96. The molecule has 0 saturated carbocycles. The number of morpholine rings is 1. The summed E-state index contributed by atoms with van der Waals surface area (Å²) in [5.74, 6) is -0.892. The van der Waals surface area contributed by atoms with Crippen LogP contribution in [0, 0.1) is 0 Å². The van der Waals surface area contributed by atoms with Crippen molar-refractivity contribution in [2.45, 2.75) is 12.5 Å². The summed E-state index contributed by atoms with van der Waals surface area (Å²) in [6, 6.07) is 9.86. The van der Waals surface area contributed by atoms with E-state index in [4.69, 9.17) is 9.47 Å². The maximum Gasteiger partial charge on any atom is 0.295 e. The zero-order valence-corrected chi connectivity index (χ0v) is 18.2. The number of likely N-dealkylation sites (tertiary alicyclic amines) is 1. The number of methoxy groups -OCH3 is 1. The molecule has 0 aliphatic carbocycles. The van der Waals surface area contributed by atoms with Gasteiger partial charge in [-0.15, -0.1) is 0 Å². The third kappa shape index (κ3) is 4.51. The van der Waals surface area contributed by atoms with E-state index in [9.17, 15) is 14.7 Å². The molecule has 0 radical (unpaired) electrons. The Morgan fingerprint density at radius 3 is 2.78 bits per heavy atom. The predicted molar refractivity (Wildman–Crippen MR) is 116 cm³/mol. The summed E-state index contributed by atoms with van der Waals surface area (Å²) in [5, 5.41) is 11.1. The van der Waals surface area contributed by atoms with Crippen LogP contribution in [0.3, 0.4) is 0 Å². The van der Waals surface area contributed by atoms with Crippen molar-refractivity contribution in [3.05, 3.63) is 65.5 Å². The number of H-pyrrole nitrogens is 1. The van der Waals surface area contributed by atoms with E-state index in [1.54, 1.807) is 41.6 Å². The van der Waals surface area contributed by atoms with Crippen molar-refractivity contribution in [3.63, 3.8) is 0 Å². The highest BCUT2D eigenvalue weighted by Gasteiger charge is 2.46. The maximum absolute atomic E-state index is 13.1. The van der Waals surface area contributed by atoms with E-state index < -0.39 is 17.7 Å². The summed E-state index contributed by atoms with van der Waals surface area (Å²) in [5.41, 5.74) is 1.28. The fourth-order valence-corrected chi connectivity index (χ4v) is 4.37. The number of aromatic amines is 1. The lowest BCUT2D eigenvalue weighted by molar-refractivity contribution is -0.908. The summed E-state index contributed by atoms with van der Waals surface area (Å²) in [6.45, 7) is 4.73. The number of ether oxygens (including phenoxy) is 2. The summed E-state index contributed by atoms with van der Waals surface area (Å²) in [6.07, 6.45) is 4.28. The molecule has 168 valence electrons. The zero-order valence-electron chi connectivity index (χ0n) is 18.2. The molecule has 3 N–H and O–H groups in total. The molecule has 2 saturated heterocycles. The molecule has 1 unspecified atom stereocenters. The van der Waals surface area contributed by atoms with Crippen LogP contribution in [0.2, 0.25) is 0 Å². The van der Waals surface area contributed by atoms with Gasteiger partial charge in [-0.05, 0) is 18.2 Å². The number of hydrogen-bond donors (Lipinski definition) is 2. The van der Waals surface area contributed by atoms with Gasteiger partial charge in [-0.3, -0.25) is 9.59 Å². The van der Waals surface area contributed by atoms with Gasteiger partial charge < -0.3 is 24.4 Å². The first-order chi connectivity index (χ1) is 15.6. The molecule has 1 amide bonds. The van der Waals surface area contributed by atoms with Crippen LogP contribution in [0.25, 0.3) is 5.76 Å². The average molecular weight is 440 g/mol. The second-order valence-electron chi connectivity index (χ2n) is 8.03. The van der Waals surface area contributed by atoms with Crippen molar-refractivity contribution in [3.8, 4) is 5.75 Å². The summed E-state index contributed by atoms with van der Waals surface area (Å²) in [4.78, 5) is 32.1. The number of amides is 1. The van der Waals surface area contributed by atoms with Crippen molar-refractivity contribution < 1.29 is 34.1 Å². The van der Waals surface area contributed by atoms with Gasteiger partial charge in [0.2, 0.25) is 0 Å². The SMILES string of the molecule is COc1cccc(C(O)=C2C(=O)C(=O)N(CCC[NH+]3CCOCC3)C2c2ccc[nH+]c2)c1. The third-order valence-electron chi connectivity index (χ3n) is 6.06. The normalized spacial score (nSPS) is 21.2. The Bertz CT molecular complexity index is 1000. The molecule has 8 heteroatoms. The van der Waals surface area contributed by atoms with Crippen LogP contribution >= 0.6 is 0 Å². The molecule has 1 atom stereocenters. The molecule has 2 aliphatic heterocycles. The smallest absolute Gasteiger partial charge is 0.295 e. The first-order valence-corrected chi connectivity index (χ1v) is 10.9. The Balaban J connectivity index is 1.65. The standard InChI is InChI=1S/C24H27N3O5/c1-31-19-7-2-5-17(15-19)22(28)20-21(18-6-3-8-25-16-18)27(24(30)23(20)29)10-4-9-26-11-13-32-14-12-26/h2-3,5-8,15-16,21,28H,4,9-14H2,1H3/p+2. The van der Waals surface area contributed by atoms with Crippen molar-refractivity contribution in [1.82, 2.24) is 4.90 Å². The molecule has 2 fully saturated rings. The van der Waals surface area contributed by atoms with Gasteiger partial charge in [-0.1, -0.05) is 12.1 Å². The molecule has 0 spiro atoms.